The summed E-state index contributed by atoms with van der Waals surface area (Å²) >= 11 is 5.64. The summed E-state index contributed by atoms with van der Waals surface area (Å²) in [5.74, 6) is -11.0. The van der Waals surface area contributed by atoms with Crippen LogP contribution in [-0.2, 0) is 25.1 Å². The summed E-state index contributed by atoms with van der Waals surface area (Å²) in [5, 5.41) is 19.8. The lowest BCUT2D eigenvalue weighted by molar-refractivity contribution is -0.150. The first-order chi connectivity index (χ1) is 13.8. The summed E-state index contributed by atoms with van der Waals surface area (Å²) in [6, 6.07) is 0.714. The van der Waals surface area contributed by atoms with Crippen molar-refractivity contribution in [3.63, 3.8) is 0 Å². The molecule has 2 atom stereocenters. The number of carboxylic acids is 2. The largest absolute Gasteiger partial charge is 0.481 e. The van der Waals surface area contributed by atoms with Gasteiger partial charge in [0, 0.05) is 17.0 Å². The van der Waals surface area contributed by atoms with Crippen LogP contribution in [-0.4, -0.2) is 46.0 Å². The van der Waals surface area contributed by atoms with E-state index in [9.17, 15) is 28.0 Å². The molecule has 0 aliphatic rings. The summed E-state index contributed by atoms with van der Waals surface area (Å²) in [6.45, 7) is 2.76. The van der Waals surface area contributed by atoms with Crippen molar-refractivity contribution in [3.05, 3.63) is 34.9 Å². The predicted octanol–water partition coefficient (Wildman–Crippen LogP) is 2.01. The maximum Gasteiger partial charge on any atom is 0.349 e. The van der Waals surface area contributed by atoms with Crippen molar-refractivity contribution in [2.45, 2.75) is 44.7 Å². The molecule has 0 saturated carbocycles. The van der Waals surface area contributed by atoms with E-state index in [1.54, 1.807) is 0 Å². The summed E-state index contributed by atoms with van der Waals surface area (Å²) in [6.07, 6.45) is -1.03. The van der Waals surface area contributed by atoms with Gasteiger partial charge in [0.1, 0.15) is 12.1 Å². The molecule has 8 nitrogen and oxygen atoms in total. The van der Waals surface area contributed by atoms with Crippen molar-refractivity contribution in [1.82, 2.24) is 10.6 Å². The third-order valence-corrected chi connectivity index (χ3v) is 4.15. The lowest BCUT2D eigenvalue weighted by Crippen LogP contribution is -2.56. The zero-order valence-electron chi connectivity index (χ0n) is 16.6. The normalized spacial score (nSPS) is 13.9. The lowest BCUT2D eigenvalue weighted by Gasteiger charge is -2.26. The van der Waals surface area contributed by atoms with Crippen molar-refractivity contribution in [1.29, 1.82) is 0 Å². The topological polar surface area (TPSA) is 133 Å². The highest BCUT2D eigenvalue weighted by atomic mass is 35.5. The van der Waals surface area contributed by atoms with E-state index in [-0.39, 0.29) is 10.3 Å². The monoisotopic (exact) mass is 435 g/mol. The van der Waals surface area contributed by atoms with Crippen LogP contribution >= 0.6 is 11.6 Å². The van der Waals surface area contributed by atoms with Crippen LogP contribution < -0.4 is 10.6 Å². The number of nitrogens with one attached hydrogen (secondary N) is 2. The Labute approximate surface area is 171 Å². The Morgan fingerprint density at radius 2 is 1.72 bits per heavy atom. The van der Waals surface area contributed by atoms with Gasteiger partial charge in [0.05, 0.1) is 0 Å². The first-order valence-electron chi connectivity index (χ1n) is 8.95. The molecular weight excluding hydrogens is 414 g/mol. The molecule has 160 valence electrons. The van der Waals surface area contributed by atoms with Gasteiger partial charge in [-0.25, -0.2) is 4.79 Å². The van der Waals surface area contributed by atoms with Gasteiger partial charge >= 0.3 is 17.9 Å². The van der Waals surface area contributed by atoms with Crippen molar-refractivity contribution in [2.24, 2.45) is 5.92 Å². The van der Waals surface area contributed by atoms with Gasteiger partial charge in [0.25, 0.3) is 5.91 Å². The number of hydrogen-bond acceptors (Lipinski definition) is 4. The van der Waals surface area contributed by atoms with E-state index in [0.717, 1.165) is 24.3 Å². The quantitative estimate of drug-likeness (QED) is 0.444. The molecule has 0 heterocycles. The molecule has 1 aromatic carbocycles. The Kier molecular flexibility index (Phi) is 7.89. The van der Waals surface area contributed by atoms with Gasteiger partial charge in [-0.1, -0.05) is 37.6 Å². The summed E-state index contributed by atoms with van der Waals surface area (Å²) in [7, 11) is 0. The standard InChI is InChI=1S/C18H21ClF2N2O6/c1-9(2)14(15(26)22-12(16(27)28)7-8-13(24)25)23-17(29)18(20,21)10-3-5-11(19)6-4-10/h3-6,9,12,14H,7-8H2,1-2H3,(H,22,26)(H,23,29)(H,24,25)(H,27,28)/t12-,14-/m0/s1/i/hD. The van der Waals surface area contributed by atoms with Gasteiger partial charge in [0.2, 0.25) is 5.91 Å². The van der Waals surface area contributed by atoms with Gasteiger partial charge < -0.3 is 20.8 Å². The third kappa shape index (κ3) is 6.97. The van der Waals surface area contributed by atoms with E-state index < -0.39 is 66.1 Å². The average Bonchev–Trinajstić information content (AvgIpc) is 2.64. The number of halogens is 3. The Bertz CT molecular complexity index is 806. The van der Waals surface area contributed by atoms with Crippen molar-refractivity contribution in [3.8, 4) is 0 Å². The molecule has 0 aliphatic carbocycles. The molecule has 1 aromatic rings. The zero-order chi connectivity index (χ0) is 23.2. The van der Waals surface area contributed by atoms with E-state index in [1.165, 1.54) is 13.8 Å². The zero-order valence-corrected chi connectivity index (χ0v) is 16.3. The molecule has 0 aliphatic heterocycles. The van der Waals surface area contributed by atoms with Gasteiger partial charge in [-0.15, -0.1) is 0 Å². The number of rotatable bonds is 10. The maximum atomic E-state index is 14.6. The van der Waals surface area contributed by atoms with Gasteiger partial charge in [-0.3, -0.25) is 14.4 Å². The number of aliphatic carboxylic acids is 2. The number of benzene rings is 1. The van der Waals surface area contributed by atoms with Crippen LogP contribution in [0.15, 0.2) is 24.3 Å². The summed E-state index contributed by atoms with van der Waals surface area (Å²) in [5.41, 5.74) is -0.734. The molecule has 29 heavy (non-hydrogen) atoms. The minimum absolute atomic E-state index is 0.158. The highest BCUT2D eigenvalue weighted by Gasteiger charge is 2.43. The van der Waals surface area contributed by atoms with Crippen LogP contribution in [0.4, 0.5) is 8.78 Å². The van der Waals surface area contributed by atoms with Crippen LogP contribution in [0.1, 0.15) is 32.3 Å². The Balaban J connectivity index is 3.07. The Morgan fingerprint density at radius 1 is 1.17 bits per heavy atom. The Morgan fingerprint density at radius 3 is 2.17 bits per heavy atom. The van der Waals surface area contributed by atoms with Crippen LogP contribution in [0.25, 0.3) is 0 Å². The van der Waals surface area contributed by atoms with E-state index in [2.05, 4.69) is 0 Å². The van der Waals surface area contributed by atoms with E-state index in [0.29, 0.717) is 0 Å². The second-order valence-corrected chi connectivity index (χ2v) is 6.97. The summed E-state index contributed by atoms with van der Waals surface area (Å²) in [4.78, 5) is 46.7. The molecule has 1 rings (SSSR count). The molecular formula is C18H21ClF2N2O6. The van der Waals surface area contributed by atoms with Crippen molar-refractivity contribution in [2.75, 3.05) is 0 Å². The highest BCUT2D eigenvalue weighted by Crippen LogP contribution is 2.29. The van der Waals surface area contributed by atoms with Crippen LogP contribution in [0.5, 0.6) is 0 Å². The van der Waals surface area contributed by atoms with E-state index in [4.69, 9.17) is 23.2 Å². The SMILES string of the molecule is [2H]N(C(=O)C(F)(F)c1ccc(Cl)cc1)[C@H](C(=O)N[C@@H](CCC(=O)O)C(=O)O)C(C)C. The van der Waals surface area contributed by atoms with E-state index in [1.807, 2.05) is 5.32 Å². The molecule has 2 amide bonds. The Hall–Kier alpha value is -2.75. The molecule has 4 N–H and O–H groups in total. The molecule has 0 radical (unpaired) electrons. The van der Waals surface area contributed by atoms with Gasteiger partial charge in [0.15, 0.2) is 1.41 Å². The second kappa shape index (κ2) is 10.1. The summed E-state index contributed by atoms with van der Waals surface area (Å²) < 4.78 is 37.0. The third-order valence-electron chi connectivity index (χ3n) is 3.89. The average molecular weight is 436 g/mol. The predicted molar refractivity (Wildman–Crippen MR) is 98.6 cm³/mol. The molecule has 0 aromatic heterocycles. The molecule has 0 fully saturated rings. The lowest BCUT2D eigenvalue weighted by atomic mass is 10.0. The number of alkyl halides is 2. The number of carboxylic acid groups (broad SMARTS) is 2. The first-order valence-corrected chi connectivity index (χ1v) is 8.88. The maximum absolute atomic E-state index is 14.6. The van der Waals surface area contributed by atoms with Crippen LogP contribution in [0.2, 0.25) is 6.43 Å². The first kappa shape index (κ1) is 22.5. The molecule has 0 spiro atoms. The fourth-order valence-corrected chi connectivity index (χ4v) is 2.41. The van der Waals surface area contributed by atoms with E-state index >= 15 is 0 Å². The molecule has 0 saturated heterocycles. The van der Waals surface area contributed by atoms with Crippen molar-refractivity contribution < 1.29 is 39.6 Å². The molecule has 0 bridgehead atoms. The van der Waals surface area contributed by atoms with Gasteiger partial charge in [-0.2, -0.15) is 8.78 Å². The number of carbonyl (C=O) groups excluding carboxylic acids is 2. The fourth-order valence-electron chi connectivity index (χ4n) is 2.28. The van der Waals surface area contributed by atoms with Crippen molar-refractivity contribution >= 4 is 35.4 Å². The fraction of sp³-hybridized carbons (Fsp3) is 0.444. The smallest absolute Gasteiger partial charge is 0.349 e. The highest BCUT2D eigenvalue weighted by molar-refractivity contribution is 6.30. The number of hydrogen-bond donors (Lipinski definition) is 4. The number of carbonyl (C=O) groups is 4. The minimum atomic E-state index is -4.14. The number of amides is 2. The van der Waals surface area contributed by atoms with Gasteiger partial charge in [-0.05, 0) is 24.5 Å². The second-order valence-electron chi connectivity index (χ2n) is 6.54. The molecule has 11 heteroatoms. The minimum Gasteiger partial charge on any atom is -0.481 e. The molecule has 0 unspecified atom stereocenters. The van der Waals surface area contributed by atoms with Crippen LogP contribution in [0.3, 0.4) is 0 Å². The van der Waals surface area contributed by atoms with Crippen LogP contribution in [0, 0.1) is 5.92 Å².